The predicted molar refractivity (Wildman–Crippen MR) is 105 cm³/mol. The van der Waals surface area contributed by atoms with Gasteiger partial charge in [0.25, 0.3) is 5.91 Å². The van der Waals surface area contributed by atoms with Gasteiger partial charge in [-0.2, -0.15) is 0 Å². The van der Waals surface area contributed by atoms with Crippen molar-refractivity contribution in [2.75, 3.05) is 11.9 Å². The van der Waals surface area contributed by atoms with Crippen LogP contribution in [-0.4, -0.2) is 20.9 Å². The third kappa shape index (κ3) is 5.41. The molecule has 1 amide bonds. The lowest BCUT2D eigenvalue weighted by Crippen LogP contribution is -2.25. The van der Waals surface area contributed by atoms with Crippen molar-refractivity contribution in [1.82, 2.24) is 4.72 Å². The molecule has 2 aromatic rings. The first-order valence-electron chi connectivity index (χ1n) is 8.67. The number of carbonyl (C=O) groups excluding carboxylic acids is 1. The summed E-state index contributed by atoms with van der Waals surface area (Å²) in [5.41, 5.74) is 3.37. The van der Waals surface area contributed by atoms with Gasteiger partial charge in [0.2, 0.25) is 10.0 Å². The second-order valence-corrected chi connectivity index (χ2v) is 8.62. The van der Waals surface area contributed by atoms with E-state index in [9.17, 15) is 13.2 Å². The standard InChI is InChI=1S/C20H26N2O3S/c1-14(2)11-12-21-26(24,25)19-9-6-17(7-10-19)20(23)22-18-8-5-15(3)16(4)13-18/h5-10,13-14,21H,11-12H2,1-4H3,(H,22,23). The van der Waals surface area contributed by atoms with Crippen LogP contribution in [0.5, 0.6) is 0 Å². The molecule has 2 N–H and O–H groups in total. The van der Waals surface area contributed by atoms with Crippen LogP contribution in [0.3, 0.4) is 0 Å². The van der Waals surface area contributed by atoms with Crippen LogP contribution in [0.1, 0.15) is 41.8 Å². The summed E-state index contributed by atoms with van der Waals surface area (Å²) in [5.74, 6) is 0.152. The number of amides is 1. The molecule has 0 bridgehead atoms. The fourth-order valence-electron chi connectivity index (χ4n) is 2.37. The Hall–Kier alpha value is -2.18. The molecule has 5 nitrogen and oxygen atoms in total. The van der Waals surface area contributed by atoms with Crippen LogP contribution >= 0.6 is 0 Å². The highest BCUT2D eigenvalue weighted by Gasteiger charge is 2.15. The van der Waals surface area contributed by atoms with Crippen LogP contribution in [0.2, 0.25) is 0 Å². The summed E-state index contributed by atoms with van der Waals surface area (Å²) in [7, 11) is -3.55. The number of benzene rings is 2. The number of carbonyl (C=O) groups is 1. The Morgan fingerprint density at radius 2 is 1.65 bits per heavy atom. The van der Waals surface area contributed by atoms with Gasteiger partial charge in [-0.15, -0.1) is 0 Å². The molecule has 26 heavy (non-hydrogen) atoms. The van der Waals surface area contributed by atoms with Crippen LogP contribution in [0.15, 0.2) is 47.4 Å². The fraction of sp³-hybridized carbons (Fsp3) is 0.350. The van der Waals surface area contributed by atoms with E-state index in [2.05, 4.69) is 10.0 Å². The molecule has 6 heteroatoms. The summed E-state index contributed by atoms with van der Waals surface area (Å²) < 4.78 is 27.1. The van der Waals surface area contributed by atoms with E-state index in [1.807, 2.05) is 45.9 Å². The lowest BCUT2D eigenvalue weighted by molar-refractivity contribution is 0.102. The van der Waals surface area contributed by atoms with Gasteiger partial charge in [-0.05, 0) is 73.7 Å². The largest absolute Gasteiger partial charge is 0.322 e. The molecule has 0 aliphatic heterocycles. The Morgan fingerprint density at radius 3 is 2.23 bits per heavy atom. The molecule has 0 heterocycles. The number of aryl methyl sites for hydroxylation is 2. The molecule has 0 aliphatic rings. The minimum Gasteiger partial charge on any atom is -0.322 e. The Morgan fingerprint density at radius 1 is 1.00 bits per heavy atom. The number of nitrogens with one attached hydrogen (secondary N) is 2. The number of hydrogen-bond acceptors (Lipinski definition) is 3. The highest BCUT2D eigenvalue weighted by atomic mass is 32.2. The zero-order valence-corrected chi connectivity index (χ0v) is 16.5. The van der Waals surface area contributed by atoms with Gasteiger partial charge in [0.05, 0.1) is 4.90 Å². The van der Waals surface area contributed by atoms with Crippen molar-refractivity contribution in [1.29, 1.82) is 0 Å². The molecular formula is C20H26N2O3S. The number of rotatable bonds is 7. The first-order chi connectivity index (χ1) is 12.2. The smallest absolute Gasteiger partial charge is 0.255 e. The van der Waals surface area contributed by atoms with Gasteiger partial charge < -0.3 is 5.32 Å². The van der Waals surface area contributed by atoms with Crippen LogP contribution in [0, 0.1) is 19.8 Å². The van der Waals surface area contributed by atoms with Crippen LogP contribution in [0.25, 0.3) is 0 Å². The van der Waals surface area contributed by atoms with Gasteiger partial charge >= 0.3 is 0 Å². The van der Waals surface area contributed by atoms with E-state index < -0.39 is 10.0 Å². The average Bonchev–Trinajstić information content (AvgIpc) is 2.58. The molecule has 0 aromatic heterocycles. The average molecular weight is 375 g/mol. The molecule has 0 radical (unpaired) electrons. The molecule has 0 spiro atoms. The molecule has 140 valence electrons. The monoisotopic (exact) mass is 374 g/mol. The van der Waals surface area contributed by atoms with E-state index >= 15 is 0 Å². The van der Waals surface area contributed by atoms with Crippen molar-refractivity contribution in [2.45, 2.75) is 39.0 Å². The van der Waals surface area contributed by atoms with Crippen molar-refractivity contribution < 1.29 is 13.2 Å². The normalized spacial score (nSPS) is 11.6. The van der Waals surface area contributed by atoms with Gasteiger partial charge in [0, 0.05) is 17.8 Å². The quantitative estimate of drug-likeness (QED) is 0.772. The predicted octanol–water partition coefficient (Wildman–Crippen LogP) is 3.88. The molecular weight excluding hydrogens is 348 g/mol. The van der Waals surface area contributed by atoms with E-state index in [4.69, 9.17) is 0 Å². The summed E-state index contributed by atoms with van der Waals surface area (Å²) in [6.07, 6.45) is 0.773. The molecule has 0 atom stereocenters. The molecule has 0 fully saturated rings. The number of sulfonamides is 1. The second kappa shape index (κ2) is 8.47. The summed E-state index contributed by atoms with van der Waals surface area (Å²) in [6.45, 7) is 8.47. The zero-order chi connectivity index (χ0) is 19.3. The first-order valence-corrected chi connectivity index (χ1v) is 10.2. The topological polar surface area (TPSA) is 75.3 Å². The van der Waals surface area contributed by atoms with Gasteiger partial charge in [0.15, 0.2) is 0 Å². The fourth-order valence-corrected chi connectivity index (χ4v) is 3.42. The minimum atomic E-state index is -3.55. The van der Waals surface area contributed by atoms with E-state index in [0.29, 0.717) is 23.7 Å². The first kappa shape index (κ1) is 20.1. The Labute approximate surface area is 155 Å². The summed E-state index contributed by atoms with van der Waals surface area (Å²) in [6, 6.07) is 11.6. The zero-order valence-electron chi connectivity index (χ0n) is 15.7. The highest BCUT2D eigenvalue weighted by Crippen LogP contribution is 2.16. The van der Waals surface area contributed by atoms with E-state index in [-0.39, 0.29) is 10.8 Å². The van der Waals surface area contributed by atoms with Gasteiger partial charge in [-0.3, -0.25) is 4.79 Å². The van der Waals surface area contributed by atoms with Crippen LogP contribution in [-0.2, 0) is 10.0 Å². The van der Waals surface area contributed by atoms with Crippen molar-refractivity contribution in [3.05, 3.63) is 59.2 Å². The summed E-state index contributed by atoms with van der Waals surface area (Å²) in [4.78, 5) is 12.5. The van der Waals surface area contributed by atoms with Crippen LogP contribution in [0.4, 0.5) is 5.69 Å². The van der Waals surface area contributed by atoms with Crippen LogP contribution < -0.4 is 10.0 Å². The van der Waals surface area contributed by atoms with Gasteiger partial charge in [0.1, 0.15) is 0 Å². The molecule has 0 saturated heterocycles. The maximum Gasteiger partial charge on any atom is 0.255 e. The van der Waals surface area contributed by atoms with E-state index in [1.54, 1.807) is 0 Å². The second-order valence-electron chi connectivity index (χ2n) is 6.86. The van der Waals surface area contributed by atoms with Crippen molar-refractivity contribution in [3.8, 4) is 0 Å². The third-order valence-electron chi connectivity index (χ3n) is 4.21. The van der Waals surface area contributed by atoms with Gasteiger partial charge in [-0.25, -0.2) is 13.1 Å². The molecule has 2 rings (SSSR count). The Bertz CT molecular complexity index is 872. The highest BCUT2D eigenvalue weighted by molar-refractivity contribution is 7.89. The summed E-state index contributed by atoms with van der Waals surface area (Å²) >= 11 is 0. The lowest BCUT2D eigenvalue weighted by Gasteiger charge is -2.10. The number of anilines is 1. The third-order valence-corrected chi connectivity index (χ3v) is 5.68. The number of hydrogen-bond donors (Lipinski definition) is 2. The Balaban J connectivity index is 2.05. The summed E-state index contributed by atoms with van der Waals surface area (Å²) in [5, 5.41) is 2.83. The molecule has 0 aliphatic carbocycles. The SMILES string of the molecule is Cc1ccc(NC(=O)c2ccc(S(=O)(=O)NCCC(C)C)cc2)cc1C. The van der Waals surface area contributed by atoms with E-state index in [0.717, 1.165) is 17.5 Å². The van der Waals surface area contributed by atoms with Gasteiger partial charge in [-0.1, -0.05) is 19.9 Å². The Kier molecular flexibility index (Phi) is 6.56. The molecule has 0 unspecified atom stereocenters. The lowest BCUT2D eigenvalue weighted by atomic mass is 10.1. The maximum absolute atomic E-state index is 12.3. The van der Waals surface area contributed by atoms with E-state index in [1.165, 1.54) is 24.3 Å². The molecule has 2 aromatic carbocycles. The molecule has 0 saturated carbocycles. The maximum atomic E-state index is 12.3. The van der Waals surface area contributed by atoms with Crippen molar-refractivity contribution in [3.63, 3.8) is 0 Å². The van der Waals surface area contributed by atoms with Crippen molar-refractivity contribution >= 4 is 21.6 Å². The minimum absolute atomic E-state index is 0.156. The van der Waals surface area contributed by atoms with Crippen molar-refractivity contribution in [2.24, 2.45) is 5.92 Å².